The molecule has 6 heteroatoms. The van der Waals surface area contributed by atoms with Crippen LogP contribution in [0.3, 0.4) is 0 Å². The molecule has 0 saturated carbocycles. The second-order valence-electron chi connectivity index (χ2n) is 2.94. The Morgan fingerprint density at radius 3 is 3.00 bits per heavy atom. The molecular weight excluding hydrogens is 216 g/mol. The lowest BCUT2D eigenvalue weighted by molar-refractivity contribution is 0.0689. The van der Waals surface area contributed by atoms with Gasteiger partial charge in [-0.25, -0.2) is 9.78 Å². The molecule has 0 unspecified atom stereocenters. The normalized spacial score (nSPS) is 10.2. The van der Waals surface area contributed by atoms with Crippen molar-refractivity contribution in [3.63, 3.8) is 0 Å². The van der Waals surface area contributed by atoms with Crippen molar-refractivity contribution in [3.05, 3.63) is 27.9 Å². The molecule has 0 atom stereocenters. The summed E-state index contributed by atoms with van der Waals surface area (Å²) in [6.45, 7) is 2.05. The largest absolute Gasteiger partial charge is 0.477 e. The van der Waals surface area contributed by atoms with E-state index in [0.717, 1.165) is 18.2 Å². The van der Waals surface area contributed by atoms with Crippen LogP contribution in [-0.2, 0) is 5.75 Å². The van der Waals surface area contributed by atoms with Crippen LogP contribution in [0.5, 0.6) is 0 Å². The van der Waals surface area contributed by atoms with Crippen molar-refractivity contribution in [2.45, 2.75) is 19.1 Å². The van der Waals surface area contributed by atoms with Gasteiger partial charge >= 0.3 is 5.97 Å². The molecule has 1 rings (SSSR count). The second-order valence-corrected chi connectivity index (χ2v) is 4.04. The molecule has 0 saturated heterocycles. The molecule has 0 fully saturated rings. The molecule has 0 aromatic carbocycles. The zero-order valence-electron chi connectivity index (χ0n) is 8.32. The molecule has 15 heavy (non-hydrogen) atoms. The number of aromatic nitrogens is 2. The molecule has 0 aliphatic carbocycles. The predicted molar refractivity (Wildman–Crippen MR) is 58.3 cm³/mol. The smallest absolute Gasteiger partial charge is 0.354 e. The summed E-state index contributed by atoms with van der Waals surface area (Å²) in [6.07, 6.45) is 1.04. The van der Waals surface area contributed by atoms with E-state index in [4.69, 9.17) is 5.11 Å². The monoisotopic (exact) mass is 228 g/mol. The van der Waals surface area contributed by atoms with E-state index in [1.165, 1.54) is 0 Å². The van der Waals surface area contributed by atoms with E-state index in [-0.39, 0.29) is 5.69 Å². The maximum Gasteiger partial charge on any atom is 0.354 e. The lowest BCUT2D eigenvalue weighted by Gasteiger charge is -2.00. The third-order valence-corrected chi connectivity index (χ3v) is 2.77. The number of thioether (sulfide) groups is 1. The van der Waals surface area contributed by atoms with Crippen LogP contribution in [0.2, 0.25) is 0 Å². The predicted octanol–water partition coefficient (Wildman–Crippen LogP) is 1.11. The van der Waals surface area contributed by atoms with Crippen molar-refractivity contribution in [2.75, 3.05) is 5.75 Å². The van der Waals surface area contributed by atoms with E-state index in [0.29, 0.717) is 11.6 Å². The first-order chi connectivity index (χ1) is 7.13. The van der Waals surface area contributed by atoms with Gasteiger partial charge in [0.1, 0.15) is 5.82 Å². The van der Waals surface area contributed by atoms with E-state index >= 15 is 0 Å². The first-order valence-electron chi connectivity index (χ1n) is 4.54. The fraction of sp³-hybridized carbons (Fsp3) is 0.444. The zero-order chi connectivity index (χ0) is 11.3. The summed E-state index contributed by atoms with van der Waals surface area (Å²) in [5.41, 5.74) is -0.625. The highest BCUT2D eigenvalue weighted by Gasteiger charge is 2.07. The van der Waals surface area contributed by atoms with Crippen LogP contribution in [0, 0.1) is 0 Å². The quantitative estimate of drug-likeness (QED) is 0.738. The SMILES string of the molecule is CCCSCc1nc(C(=O)O)cc(=O)[nH]1. The number of hydrogen-bond donors (Lipinski definition) is 2. The average molecular weight is 228 g/mol. The van der Waals surface area contributed by atoms with Gasteiger partial charge in [0.05, 0.1) is 5.75 Å². The Morgan fingerprint density at radius 2 is 2.40 bits per heavy atom. The van der Waals surface area contributed by atoms with Crippen LogP contribution >= 0.6 is 11.8 Å². The number of H-pyrrole nitrogens is 1. The van der Waals surface area contributed by atoms with Crippen molar-refractivity contribution in [1.29, 1.82) is 0 Å². The van der Waals surface area contributed by atoms with Crippen LogP contribution in [0.15, 0.2) is 10.9 Å². The third kappa shape index (κ3) is 3.75. The summed E-state index contributed by atoms with van der Waals surface area (Å²) < 4.78 is 0. The molecule has 82 valence electrons. The highest BCUT2D eigenvalue weighted by Crippen LogP contribution is 2.08. The number of hydrogen-bond acceptors (Lipinski definition) is 4. The van der Waals surface area contributed by atoms with E-state index in [2.05, 4.69) is 16.9 Å². The number of carbonyl (C=O) groups is 1. The van der Waals surface area contributed by atoms with Gasteiger partial charge in [-0.2, -0.15) is 11.8 Å². The molecule has 1 aromatic heterocycles. The van der Waals surface area contributed by atoms with E-state index in [9.17, 15) is 9.59 Å². The number of aromatic amines is 1. The van der Waals surface area contributed by atoms with E-state index in [1.807, 2.05) is 0 Å². The first-order valence-corrected chi connectivity index (χ1v) is 5.70. The van der Waals surface area contributed by atoms with Gasteiger partial charge in [-0.3, -0.25) is 4.79 Å². The minimum Gasteiger partial charge on any atom is -0.477 e. The minimum atomic E-state index is -1.18. The maximum absolute atomic E-state index is 11.1. The molecule has 5 nitrogen and oxygen atoms in total. The molecule has 0 bridgehead atoms. The fourth-order valence-corrected chi connectivity index (χ4v) is 1.76. The van der Waals surface area contributed by atoms with Gasteiger partial charge in [-0.1, -0.05) is 6.92 Å². The Bertz CT molecular complexity index is 403. The van der Waals surface area contributed by atoms with Crippen molar-refractivity contribution < 1.29 is 9.90 Å². The lowest BCUT2D eigenvalue weighted by atomic mass is 10.4. The van der Waals surface area contributed by atoms with E-state index < -0.39 is 11.5 Å². The van der Waals surface area contributed by atoms with Crippen LogP contribution in [0.4, 0.5) is 0 Å². The highest BCUT2D eigenvalue weighted by atomic mass is 32.2. The Balaban J connectivity index is 2.80. The number of aromatic carboxylic acids is 1. The van der Waals surface area contributed by atoms with Gasteiger partial charge in [0.25, 0.3) is 5.56 Å². The standard InChI is InChI=1S/C9H12N2O3S/c1-2-3-15-5-7-10-6(9(13)14)4-8(12)11-7/h4H,2-3,5H2,1H3,(H,13,14)(H,10,11,12). The summed E-state index contributed by atoms with van der Waals surface area (Å²) in [5, 5.41) is 8.68. The zero-order valence-corrected chi connectivity index (χ0v) is 9.13. The number of nitrogens with one attached hydrogen (secondary N) is 1. The summed E-state index contributed by atoms with van der Waals surface area (Å²) in [6, 6.07) is 0.982. The Hall–Kier alpha value is -1.30. The van der Waals surface area contributed by atoms with Crippen molar-refractivity contribution >= 4 is 17.7 Å². The van der Waals surface area contributed by atoms with E-state index in [1.54, 1.807) is 11.8 Å². The summed E-state index contributed by atoms with van der Waals surface area (Å²) in [5.74, 6) is 0.728. The summed E-state index contributed by atoms with van der Waals surface area (Å²) in [7, 11) is 0. The van der Waals surface area contributed by atoms with Gasteiger partial charge < -0.3 is 10.1 Å². The van der Waals surface area contributed by atoms with Crippen molar-refractivity contribution in [1.82, 2.24) is 9.97 Å². The molecule has 0 aliphatic heterocycles. The van der Waals surface area contributed by atoms with Gasteiger partial charge in [0, 0.05) is 6.07 Å². The second kappa shape index (κ2) is 5.55. The number of carboxylic acids is 1. The Labute approximate surface area is 90.9 Å². The Morgan fingerprint density at radius 1 is 1.67 bits per heavy atom. The molecule has 0 spiro atoms. The van der Waals surface area contributed by atoms with Gasteiger partial charge in [0.15, 0.2) is 5.69 Å². The van der Waals surface area contributed by atoms with Gasteiger partial charge in [0.2, 0.25) is 0 Å². The summed E-state index contributed by atoms with van der Waals surface area (Å²) in [4.78, 5) is 28.0. The molecule has 0 amide bonds. The number of carboxylic acid groups (broad SMARTS) is 1. The van der Waals surface area contributed by atoms with Gasteiger partial charge in [-0.15, -0.1) is 0 Å². The van der Waals surface area contributed by atoms with Gasteiger partial charge in [-0.05, 0) is 12.2 Å². The lowest BCUT2D eigenvalue weighted by Crippen LogP contribution is -2.15. The maximum atomic E-state index is 11.1. The molecule has 1 aromatic rings. The topological polar surface area (TPSA) is 83.0 Å². The average Bonchev–Trinajstić information content (AvgIpc) is 2.17. The Kier molecular flexibility index (Phi) is 4.36. The van der Waals surface area contributed by atoms with Crippen LogP contribution < -0.4 is 5.56 Å². The van der Waals surface area contributed by atoms with Crippen LogP contribution in [0.25, 0.3) is 0 Å². The first kappa shape index (κ1) is 11.8. The number of nitrogens with zero attached hydrogens (tertiary/aromatic N) is 1. The number of rotatable bonds is 5. The molecular formula is C9H12N2O3S. The third-order valence-electron chi connectivity index (χ3n) is 1.60. The minimum absolute atomic E-state index is 0.203. The molecule has 2 N–H and O–H groups in total. The van der Waals surface area contributed by atoms with Crippen LogP contribution in [-0.4, -0.2) is 26.8 Å². The highest BCUT2D eigenvalue weighted by molar-refractivity contribution is 7.98. The molecule has 0 aliphatic rings. The summed E-state index contributed by atoms with van der Waals surface area (Å²) >= 11 is 1.61. The van der Waals surface area contributed by atoms with Crippen molar-refractivity contribution in [2.24, 2.45) is 0 Å². The fourth-order valence-electron chi connectivity index (χ4n) is 0.999. The molecule has 1 heterocycles. The van der Waals surface area contributed by atoms with Crippen LogP contribution in [0.1, 0.15) is 29.7 Å². The molecule has 0 radical (unpaired) electrons. The van der Waals surface area contributed by atoms with Crippen molar-refractivity contribution in [3.8, 4) is 0 Å².